The third-order valence-electron chi connectivity index (χ3n) is 2.76. The number of rotatable bonds is 3. The monoisotopic (exact) mass is 259 g/mol. The molecule has 1 atom stereocenters. The number of benzene rings is 2. The van der Waals surface area contributed by atoms with Gasteiger partial charge < -0.3 is 0 Å². The van der Waals surface area contributed by atoms with Crippen molar-refractivity contribution in [3.05, 3.63) is 70.5 Å². The van der Waals surface area contributed by atoms with E-state index in [1.807, 2.05) is 12.1 Å². The Kier molecular flexibility index (Phi) is 3.96. The van der Waals surface area contributed by atoms with E-state index in [0.29, 0.717) is 11.4 Å². The lowest BCUT2D eigenvalue weighted by molar-refractivity contribution is 0.626. The zero-order valence-corrected chi connectivity index (χ0v) is 10.4. The highest BCUT2D eigenvalue weighted by molar-refractivity contribution is 6.30. The maximum atomic E-state index is 12.8. The van der Waals surface area contributed by atoms with Gasteiger partial charge in [0.25, 0.3) is 0 Å². The first kappa shape index (κ1) is 12.6. The van der Waals surface area contributed by atoms with Gasteiger partial charge in [0.05, 0.1) is 12.0 Å². The Morgan fingerprint density at radius 1 is 1.17 bits per heavy atom. The Morgan fingerprint density at radius 3 is 2.50 bits per heavy atom. The molecule has 0 saturated heterocycles. The summed E-state index contributed by atoms with van der Waals surface area (Å²) in [6.07, 6.45) is 0.553. The smallest absolute Gasteiger partial charge is 0.123 e. The number of nitriles is 1. The second-order valence-electron chi connectivity index (χ2n) is 4.07. The molecule has 0 heterocycles. The second kappa shape index (κ2) is 5.66. The minimum Gasteiger partial charge on any atom is -0.207 e. The quantitative estimate of drug-likeness (QED) is 0.805. The van der Waals surface area contributed by atoms with Gasteiger partial charge in [0.15, 0.2) is 0 Å². The highest BCUT2D eigenvalue weighted by atomic mass is 35.5. The van der Waals surface area contributed by atoms with E-state index in [9.17, 15) is 9.65 Å². The molecule has 0 N–H and O–H groups in total. The van der Waals surface area contributed by atoms with Crippen LogP contribution in [0.25, 0.3) is 0 Å². The summed E-state index contributed by atoms with van der Waals surface area (Å²) in [5, 5.41) is 9.84. The highest BCUT2D eigenvalue weighted by Crippen LogP contribution is 2.23. The normalized spacial score (nSPS) is 11.8. The summed E-state index contributed by atoms with van der Waals surface area (Å²) in [5.74, 6) is -0.538. The van der Waals surface area contributed by atoms with Gasteiger partial charge in [-0.2, -0.15) is 5.26 Å². The van der Waals surface area contributed by atoms with Crippen LogP contribution in [0.5, 0.6) is 0 Å². The zero-order chi connectivity index (χ0) is 13.0. The molecule has 0 bridgehead atoms. The standard InChI is InChI=1S/C15H11ClFN/c16-14-3-1-2-12(9-14)13(10-18)8-11-4-6-15(17)7-5-11/h1-7,9,13H,8H2. The van der Waals surface area contributed by atoms with Crippen molar-refractivity contribution < 1.29 is 4.39 Å². The van der Waals surface area contributed by atoms with E-state index < -0.39 is 0 Å². The van der Waals surface area contributed by atoms with Gasteiger partial charge in [0, 0.05) is 5.02 Å². The van der Waals surface area contributed by atoms with E-state index in [1.54, 1.807) is 24.3 Å². The van der Waals surface area contributed by atoms with Gasteiger partial charge in [-0.25, -0.2) is 4.39 Å². The maximum Gasteiger partial charge on any atom is 0.123 e. The van der Waals surface area contributed by atoms with Gasteiger partial charge in [-0.3, -0.25) is 0 Å². The summed E-state index contributed by atoms with van der Waals surface area (Å²) in [6, 6.07) is 15.7. The van der Waals surface area contributed by atoms with Crippen LogP contribution in [0.2, 0.25) is 5.02 Å². The van der Waals surface area contributed by atoms with Gasteiger partial charge in [-0.15, -0.1) is 0 Å². The lowest BCUT2D eigenvalue weighted by atomic mass is 9.93. The highest BCUT2D eigenvalue weighted by Gasteiger charge is 2.11. The van der Waals surface area contributed by atoms with Crippen LogP contribution in [0.4, 0.5) is 4.39 Å². The molecular weight excluding hydrogens is 249 g/mol. The van der Waals surface area contributed by atoms with E-state index in [0.717, 1.165) is 11.1 Å². The number of hydrogen-bond acceptors (Lipinski definition) is 1. The van der Waals surface area contributed by atoms with Crippen molar-refractivity contribution in [3.63, 3.8) is 0 Å². The predicted octanol–water partition coefficient (Wildman–Crippen LogP) is 4.33. The molecule has 0 amide bonds. The fourth-order valence-electron chi connectivity index (χ4n) is 1.82. The average molecular weight is 260 g/mol. The Hall–Kier alpha value is -1.85. The molecule has 90 valence electrons. The number of nitrogens with zero attached hydrogens (tertiary/aromatic N) is 1. The first-order chi connectivity index (χ1) is 8.69. The molecule has 1 nitrogen and oxygen atoms in total. The van der Waals surface area contributed by atoms with Crippen LogP contribution in [0.3, 0.4) is 0 Å². The van der Waals surface area contributed by atoms with Gasteiger partial charge in [-0.05, 0) is 41.8 Å². The van der Waals surface area contributed by atoms with Crippen LogP contribution < -0.4 is 0 Å². The van der Waals surface area contributed by atoms with Crippen LogP contribution in [0.15, 0.2) is 48.5 Å². The van der Waals surface area contributed by atoms with Crippen molar-refractivity contribution in [3.8, 4) is 6.07 Å². The lowest BCUT2D eigenvalue weighted by Crippen LogP contribution is -2.00. The molecule has 0 saturated carbocycles. The molecule has 18 heavy (non-hydrogen) atoms. The molecule has 0 aromatic heterocycles. The topological polar surface area (TPSA) is 23.8 Å². The van der Waals surface area contributed by atoms with Crippen LogP contribution in [-0.2, 0) is 6.42 Å². The molecule has 2 aromatic carbocycles. The van der Waals surface area contributed by atoms with E-state index >= 15 is 0 Å². The van der Waals surface area contributed by atoms with Crippen molar-refractivity contribution in [1.82, 2.24) is 0 Å². The first-order valence-corrected chi connectivity index (χ1v) is 5.96. The van der Waals surface area contributed by atoms with E-state index in [-0.39, 0.29) is 11.7 Å². The zero-order valence-electron chi connectivity index (χ0n) is 9.61. The third kappa shape index (κ3) is 3.09. The fraction of sp³-hybridized carbons (Fsp3) is 0.133. The predicted molar refractivity (Wildman–Crippen MR) is 69.9 cm³/mol. The molecule has 2 rings (SSSR count). The minimum atomic E-state index is -0.269. The summed E-state index contributed by atoms with van der Waals surface area (Å²) >= 11 is 5.91. The average Bonchev–Trinajstić information content (AvgIpc) is 2.38. The summed E-state index contributed by atoms with van der Waals surface area (Å²) in [6.45, 7) is 0. The Bertz CT molecular complexity index is 572. The number of hydrogen-bond donors (Lipinski definition) is 0. The van der Waals surface area contributed by atoms with Crippen molar-refractivity contribution in [2.24, 2.45) is 0 Å². The molecule has 0 aliphatic carbocycles. The summed E-state index contributed by atoms with van der Waals surface area (Å²) in [5.41, 5.74) is 1.82. The minimum absolute atomic E-state index is 0.269. The second-order valence-corrected chi connectivity index (χ2v) is 4.50. The summed E-state index contributed by atoms with van der Waals surface area (Å²) in [7, 11) is 0. The van der Waals surface area contributed by atoms with Crippen molar-refractivity contribution in [2.75, 3.05) is 0 Å². The van der Waals surface area contributed by atoms with Crippen LogP contribution in [0, 0.1) is 17.1 Å². The van der Waals surface area contributed by atoms with Gasteiger partial charge in [0.1, 0.15) is 5.82 Å². The maximum absolute atomic E-state index is 12.8. The van der Waals surface area contributed by atoms with E-state index in [1.165, 1.54) is 12.1 Å². The van der Waals surface area contributed by atoms with E-state index in [2.05, 4.69) is 6.07 Å². The van der Waals surface area contributed by atoms with Crippen LogP contribution >= 0.6 is 11.6 Å². The Balaban J connectivity index is 2.20. The SMILES string of the molecule is N#CC(Cc1ccc(F)cc1)c1cccc(Cl)c1. The van der Waals surface area contributed by atoms with Gasteiger partial charge in [-0.1, -0.05) is 35.9 Å². The lowest BCUT2D eigenvalue weighted by Gasteiger charge is -2.09. The summed E-state index contributed by atoms with van der Waals surface area (Å²) < 4.78 is 12.8. The first-order valence-electron chi connectivity index (χ1n) is 5.58. The summed E-state index contributed by atoms with van der Waals surface area (Å²) in [4.78, 5) is 0. The molecule has 3 heteroatoms. The van der Waals surface area contributed by atoms with Gasteiger partial charge >= 0.3 is 0 Å². The molecule has 0 aliphatic heterocycles. The molecule has 1 unspecified atom stereocenters. The van der Waals surface area contributed by atoms with E-state index in [4.69, 9.17) is 11.6 Å². The number of halogens is 2. The fourth-order valence-corrected chi connectivity index (χ4v) is 2.02. The van der Waals surface area contributed by atoms with Crippen LogP contribution in [-0.4, -0.2) is 0 Å². The molecule has 0 radical (unpaired) electrons. The molecule has 0 spiro atoms. The molecule has 0 fully saturated rings. The van der Waals surface area contributed by atoms with Crippen molar-refractivity contribution in [1.29, 1.82) is 5.26 Å². The largest absolute Gasteiger partial charge is 0.207 e. The van der Waals surface area contributed by atoms with Gasteiger partial charge in [0.2, 0.25) is 0 Å². The molecule has 0 aliphatic rings. The third-order valence-corrected chi connectivity index (χ3v) is 3.00. The molecular formula is C15H11ClFN. The Morgan fingerprint density at radius 2 is 1.89 bits per heavy atom. The van der Waals surface area contributed by atoms with Crippen molar-refractivity contribution in [2.45, 2.75) is 12.3 Å². The van der Waals surface area contributed by atoms with Crippen LogP contribution in [0.1, 0.15) is 17.0 Å². The molecule has 2 aromatic rings. The Labute approximate surface area is 110 Å². The van der Waals surface area contributed by atoms with Crippen molar-refractivity contribution >= 4 is 11.6 Å².